The second kappa shape index (κ2) is 6.24. The Hall–Kier alpha value is -0.570. The van der Waals surface area contributed by atoms with Crippen molar-refractivity contribution in [3.05, 3.63) is 0 Å². The van der Waals surface area contributed by atoms with Crippen LogP contribution in [0.2, 0.25) is 0 Å². The van der Waals surface area contributed by atoms with Crippen molar-refractivity contribution < 1.29 is 4.79 Å². The Bertz CT molecular complexity index is 220. The number of carbonyl (C=O) groups is 1. The number of rotatable bonds is 4. The predicted octanol–water partition coefficient (Wildman–Crippen LogP) is 1.87. The van der Waals surface area contributed by atoms with Crippen LogP contribution in [0.5, 0.6) is 0 Å². The molecule has 1 rings (SSSR count). The summed E-state index contributed by atoms with van der Waals surface area (Å²) in [6.45, 7) is 9.03. The molecule has 1 saturated heterocycles. The Kier molecular flexibility index (Phi) is 5.26. The van der Waals surface area contributed by atoms with Crippen LogP contribution in [0.1, 0.15) is 40.0 Å². The van der Waals surface area contributed by atoms with Crippen LogP contribution >= 0.6 is 0 Å². The second-order valence-corrected chi connectivity index (χ2v) is 5.39. The molecule has 2 N–H and O–H groups in total. The average molecular weight is 226 g/mol. The van der Waals surface area contributed by atoms with Gasteiger partial charge in [-0.3, -0.25) is 4.79 Å². The summed E-state index contributed by atoms with van der Waals surface area (Å²) < 4.78 is 0. The van der Waals surface area contributed by atoms with E-state index in [1.165, 1.54) is 12.8 Å². The van der Waals surface area contributed by atoms with E-state index in [0.29, 0.717) is 12.5 Å². The molecule has 1 unspecified atom stereocenters. The largest absolute Gasteiger partial charge is 0.342 e. The van der Waals surface area contributed by atoms with Crippen molar-refractivity contribution in [2.24, 2.45) is 23.5 Å². The van der Waals surface area contributed by atoms with Gasteiger partial charge in [-0.05, 0) is 37.6 Å². The third kappa shape index (κ3) is 3.48. The molecule has 0 aromatic carbocycles. The Morgan fingerprint density at radius 2 is 1.88 bits per heavy atom. The molecule has 0 radical (unpaired) electrons. The van der Waals surface area contributed by atoms with Crippen LogP contribution in [0.3, 0.4) is 0 Å². The van der Waals surface area contributed by atoms with Crippen LogP contribution in [-0.4, -0.2) is 30.4 Å². The second-order valence-electron chi connectivity index (χ2n) is 5.39. The lowest BCUT2D eigenvalue weighted by atomic mass is 9.86. The molecule has 0 aliphatic carbocycles. The van der Waals surface area contributed by atoms with E-state index in [0.717, 1.165) is 31.3 Å². The molecular weight excluding hydrogens is 200 g/mol. The topological polar surface area (TPSA) is 46.3 Å². The monoisotopic (exact) mass is 226 g/mol. The maximum absolute atomic E-state index is 12.0. The Labute approximate surface area is 99.4 Å². The molecule has 16 heavy (non-hydrogen) atoms. The van der Waals surface area contributed by atoms with Crippen molar-refractivity contribution in [3.8, 4) is 0 Å². The van der Waals surface area contributed by atoms with Crippen LogP contribution in [0.25, 0.3) is 0 Å². The maximum atomic E-state index is 12.0. The zero-order chi connectivity index (χ0) is 12.1. The molecule has 1 heterocycles. The first-order valence-corrected chi connectivity index (χ1v) is 6.55. The summed E-state index contributed by atoms with van der Waals surface area (Å²) in [6, 6.07) is 0. The van der Waals surface area contributed by atoms with Gasteiger partial charge in [-0.1, -0.05) is 20.8 Å². The molecule has 1 atom stereocenters. The van der Waals surface area contributed by atoms with Crippen molar-refractivity contribution in [3.63, 3.8) is 0 Å². The van der Waals surface area contributed by atoms with Crippen LogP contribution in [0, 0.1) is 17.8 Å². The van der Waals surface area contributed by atoms with Crippen molar-refractivity contribution in [1.82, 2.24) is 4.90 Å². The number of carbonyl (C=O) groups excluding carboxylic acids is 1. The summed E-state index contributed by atoms with van der Waals surface area (Å²) in [7, 11) is 0. The fourth-order valence-electron chi connectivity index (χ4n) is 2.47. The summed E-state index contributed by atoms with van der Waals surface area (Å²) >= 11 is 0. The number of amides is 1. The summed E-state index contributed by atoms with van der Waals surface area (Å²) in [6.07, 6.45) is 3.14. The number of hydrogen-bond acceptors (Lipinski definition) is 2. The third-order valence-electron chi connectivity index (χ3n) is 3.82. The van der Waals surface area contributed by atoms with E-state index in [1.807, 2.05) is 11.8 Å². The van der Waals surface area contributed by atoms with Gasteiger partial charge < -0.3 is 10.6 Å². The molecule has 1 fully saturated rings. The van der Waals surface area contributed by atoms with Gasteiger partial charge in [0.05, 0.1) is 0 Å². The van der Waals surface area contributed by atoms with E-state index in [4.69, 9.17) is 5.73 Å². The summed E-state index contributed by atoms with van der Waals surface area (Å²) in [5.41, 5.74) is 5.49. The Morgan fingerprint density at radius 3 is 2.31 bits per heavy atom. The molecule has 0 saturated carbocycles. The van der Waals surface area contributed by atoms with E-state index in [1.54, 1.807) is 0 Å². The fourth-order valence-corrected chi connectivity index (χ4v) is 2.47. The minimum absolute atomic E-state index is 0.0978. The molecular formula is C13H26N2O. The molecule has 94 valence electrons. The zero-order valence-electron chi connectivity index (χ0n) is 10.9. The molecule has 1 aliphatic rings. The van der Waals surface area contributed by atoms with Crippen LogP contribution in [0.15, 0.2) is 0 Å². The van der Waals surface area contributed by atoms with Gasteiger partial charge in [-0.15, -0.1) is 0 Å². The highest BCUT2D eigenvalue weighted by Gasteiger charge is 2.26. The number of likely N-dealkylation sites (tertiary alicyclic amines) is 1. The first-order chi connectivity index (χ1) is 7.56. The molecule has 0 spiro atoms. The highest BCUT2D eigenvalue weighted by atomic mass is 16.2. The number of piperidine rings is 1. The van der Waals surface area contributed by atoms with E-state index in [-0.39, 0.29) is 5.92 Å². The van der Waals surface area contributed by atoms with Gasteiger partial charge in [0.25, 0.3) is 0 Å². The fraction of sp³-hybridized carbons (Fsp3) is 0.923. The van der Waals surface area contributed by atoms with Gasteiger partial charge in [0.2, 0.25) is 5.91 Å². The molecule has 0 aromatic rings. The normalized spacial score (nSPS) is 20.2. The molecule has 1 amide bonds. The van der Waals surface area contributed by atoms with E-state index in [2.05, 4.69) is 13.8 Å². The zero-order valence-corrected chi connectivity index (χ0v) is 10.9. The van der Waals surface area contributed by atoms with Crippen molar-refractivity contribution in [2.45, 2.75) is 40.0 Å². The summed E-state index contributed by atoms with van der Waals surface area (Å²) in [5, 5.41) is 0. The average Bonchev–Trinajstić information content (AvgIpc) is 2.28. The Morgan fingerprint density at radius 1 is 1.31 bits per heavy atom. The summed E-state index contributed by atoms with van der Waals surface area (Å²) in [5.74, 6) is 1.95. The smallest absolute Gasteiger partial charge is 0.225 e. The van der Waals surface area contributed by atoms with Crippen molar-refractivity contribution in [2.75, 3.05) is 19.6 Å². The van der Waals surface area contributed by atoms with Crippen LogP contribution in [-0.2, 0) is 4.79 Å². The lowest BCUT2D eigenvalue weighted by Crippen LogP contribution is -2.42. The summed E-state index contributed by atoms with van der Waals surface area (Å²) in [4.78, 5) is 14.1. The van der Waals surface area contributed by atoms with Crippen LogP contribution in [0.4, 0.5) is 0 Å². The predicted molar refractivity (Wildman–Crippen MR) is 67.0 cm³/mol. The highest BCUT2D eigenvalue weighted by Crippen LogP contribution is 2.25. The van der Waals surface area contributed by atoms with Gasteiger partial charge in [-0.25, -0.2) is 0 Å². The number of nitrogens with two attached hydrogens (primary N) is 1. The first-order valence-electron chi connectivity index (χ1n) is 6.55. The molecule has 3 nitrogen and oxygen atoms in total. The lowest BCUT2D eigenvalue weighted by Gasteiger charge is -2.35. The lowest BCUT2D eigenvalue weighted by molar-refractivity contribution is -0.136. The molecule has 0 aromatic heterocycles. The highest BCUT2D eigenvalue weighted by molar-refractivity contribution is 5.78. The van der Waals surface area contributed by atoms with Crippen LogP contribution < -0.4 is 5.73 Å². The van der Waals surface area contributed by atoms with Gasteiger partial charge in [-0.2, -0.15) is 0 Å². The van der Waals surface area contributed by atoms with Gasteiger partial charge in [0, 0.05) is 19.0 Å². The van der Waals surface area contributed by atoms with E-state index >= 15 is 0 Å². The van der Waals surface area contributed by atoms with Gasteiger partial charge >= 0.3 is 0 Å². The SMILES string of the molecule is CC(CCN)C(=O)N1CCC(C(C)C)CC1. The van der Waals surface area contributed by atoms with Crippen molar-refractivity contribution >= 4 is 5.91 Å². The van der Waals surface area contributed by atoms with Crippen molar-refractivity contribution in [1.29, 1.82) is 0 Å². The van der Waals surface area contributed by atoms with E-state index in [9.17, 15) is 4.79 Å². The minimum atomic E-state index is 0.0978. The third-order valence-corrected chi connectivity index (χ3v) is 3.82. The molecule has 3 heteroatoms. The molecule has 0 bridgehead atoms. The standard InChI is InChI=1S/C13H26N2O/c1-10(2)12-5-8-15(9-6-12)13(16)11(3)4-7-14/h10-12H,4-9,14H2,1-3H3. The van der Waals surface area contributed by atoms with Gasteiger partial charge in [0.1, 0.15) is 0 Å². The number of hydrogen-bond donors (Lipinski definition) is 1. The first kappa shape index (κ1) is 13.5. The molecule has 1 aliphatic heterocycles. The Balaban J connectivity index is 2.38. The van der Waals surface area contributed by atoms with E-state index < -0.39 is 0 Å². The van der Waals surface area contributed by atoms with Gasteiger partial charge in [0.15, 0.2) is 0 Å². The quantitative estimate of drug-likeness (QED) is 0.795. The maximum Gasteiger partial charge on any atom is 0.225 e. The minimum Gasteiger partial charge on any atom is -0.342 e. The number of nitrogens with zero attached hydrogens (tertiary/aromatic N) is 1.